The first kappa shape index (κ1) is 17.9. The van der Waals surface area contributed by atoms with Gasteiger partial charge in [-0.25, -0.2) is 4.79 Å². The van der Waals surface area contributed by atoms with E-state index in [4.69, 9.17) is 9.84 Å². The topological polar surface area (TPSA) is 157 Å². The Morgan fingerprint density at radius 1 is 1.36 bits per heavy atom. The van der Waals surface area contributed by atoms with Crippen LogP contribution in [-0.4, -0.2) is 46.8 Å². The first-order valence-corrected chi connectivity index (χ1v) is 7.02. The minimum Gasteiger partial charge on any atom is -0.452 e. The molecule has 0 aliphatic carbocycles. The minimum absolute atomic E-state index is 0.128. The predicted molar refractivity (Wildman–Crippen MR) is 84.1 cm³/mol. The fourth-order valence-electron chi connectivity index (χ4n) is 1.82. The molecule has 0 saturated heterocycles. The highest BCUT2D eigenvalue weighted by Gasteiger charge is 2.19. The Kier molecular flexibility index (Phi) is 6.01. The van der Waals surface area contributed by atoms with Crippen LogP contribution in [0, 0.1) is 10.1 Å². The molecule has 25 heavy (non-hydrogen) atoms. The molecule has 1 aromatic heterocycles. The van der Waals surface area contributed by atoms with Crippen LogP contribution in [0.1, 0.15) is 10.4 Å². The first-order chi connectivity index (χ1) is 12.0. The maximum Gasteiger partial charge on any atom is 0.341 e. The van der Waals surface area contributed by atoms with Crippen LogP contribution < -0.4 is 10.6 Å². The molecule has 0 saturated carbocycles. The molecule has 0 atom stereocenters. The zero-order valence-corrected chi connectivity index (χ0v) is 12.8. The smallest absolute Gasteiger partial charge is 0.341 e. The second-order valence-corrected chi connectivity index (χ2v) is 4.65. The SMILES string of the molecule is O=C(COC(=O)c1cc([N+](=O)[O-])ccc1NCCO)Nc1ccon1. The van der Waals surface area contributed by atoms with Crippen molar-refractivity contribution in [1.29, 1.82) is 0 Å². The average molecular weight is 350 g/mol. The van der Waals surface area contributed by atoms with E-state index in [1.807, 2.05) is 0 Å². The summed E-state index contributed by atoms with van der Waals surface area (Å²) in [5.41, 5.74) is -0.202. The number of hydrogen-bond donors (Lipinski definition) is 3. The highest BCUT2D eigenvalue weighted by molar-refractivity contribution is 5.98. The van der Waals surface area contributed by atoms with Crippen molar-refractivity contribution in [2.75, 3.05) is 30.4 Å². The molecule has 3 N–H and O–H groups in total. The van der Waals surface area contributed by atoms with Gasteiger partial charge in [0.1, 0.15) is 6.26 Å². The summed E-state index contributed by atoms with van der Waals surface area (Å²) < 4.78 is 9.39. The molecule has 132 valence electrons. The fraction of sp³-hybridized carbons (Fsp3) is 0.214. The van der Waals surface area contributed by atoms with Crippen LogP contribution in [0.2, 0.25) is 0 Å². The highest BCUT2D eigenvalue weighted by Crippen LogP contribution is 2.23. The molecule has 2 aromatic rings. The summed E-state index contributed by atoms with van der Waals surface area (Å²) in [4.78, 5) is 34.0. The van der Waals surface area contributed by atoms with E-state index in [0.717, 1.165) is 6.07 Å². The van der Waals surface area contributed by atoms with Crippen LogP contribution in [0.3, 0.4) is 0 Å². The second kappa shape index (κ2) is 8.40. The van der Waals surface area contributed by atoms with Crippen molar-refractivity contribution in [1.82, 2.24) is 5.16 Å². The Bertz CT molecular complexity index is 761. The third kappa shape index (κ3) is 5.00. The van der Waals surface area contributed by atoms with Crippen LogP contribution in [0.5, 0.6) is 0 Å². The van der Waals surface area contributed by atoms with Gasteiger partial charge >= 0.3 is 5.97 Å². The van der Waals surface area contributed by atoms with Gasteiger partial charge in [-0.1, -0.05) is 5.16 Å². The molecule has 1 amide bonds. The lowest BCUT2D eigenvalue weighted by Crippen LogP contribution is -2.21. The van der Waals surface area contributed by atoms with Crippen molar-refractivity contribution in [3.8, 4) is 0 Å². The van der Waals surface area contributed by atoms with E-state index in [1.165, 1.54) is 24.5 Å². The Balaban J connectivity index is 2.06. The summed E-state index contributed by atoms with van der Waals surface area (Å²) in [5, 5.41) is 28.2. The fourth-order valence-corrected chi connectivity index (χ4v) is 1.82. The van der Waals surface area contributed by atoms with E-state index >= 15 is 0 Å². The van der Waals surface area contributed by atoms with Crippen molar-refractivity contribution < 1.29 is 28.9 Å². The number of aromatic nitrogens is 1. The molecular weight excluding hydrogens is 336 g/mol. The number of ether oxygens (including phenoxy) is 1. The van der Waals surface area contributed by atoms with Gasteiger partial charge in [-0.3, -0.25) is 14.9 Å². The summed E-state index contributed by atoms with van der Waals surface area (Å²) >= 11 is 0. The quantitative estimate of drug-likeness (QED) is 0.355. The van der Waals surface area contributed by atoms with E-state index in [2.05, 4.69) is 20.3 Å². The molecular formula is C14H14N4O7. The second-order valence-electron chi connectivity index (χ2n) is 4.65. The van der Waals surface area contributed by atoms with Crippen LogP contribution in [-0.2, 0) is 9.53 Å². The monoisotopic (exact) mass is 350 g/mol. The van der Waals surface area contributed by atoms with Gasteiger partial charge in [0.25, 0.3) is 11.6 Å². The van der Waals surface area contributed by atoms with E-state index < -0.39 is 23.4 Å². The summed E-state index contributed by atoms with van der Waals surface area (Å²) in [5.74, 6) is -1.43. The minimum atomic E-state index is -0.931. The van der Waals surface area contributed by atoms with E-state index in [9.17, 15) is 19.7 Å². The number of nitro groups is 1. The van der Waals surface area contributed by atoms with Crippen molar-refractivity contribution >= 4 is 29.1 Å². The molecule has 11 heteroatoms. The first-order valence-electron chi connectivity index (χ1n) is 7.02. The summed E-state index contributed by atoms with van der Waals surface area (Å²) in [6.07, 6.45) is 1.25. The normalized spacial score (nSPS) is 10.1. The standard InChI is InChI=1S/C14H14N4O7/c19-5-4-15-11-2-1-9(18(22)23)7-10(11)14(21)24-8-13(20)16-12-3-6-25-17-12/h1-3,6-7,15,19H,4-5,8H2,(H,16,17,20). The number of nitro benzene ring substituents is 1. The number of amides is 1. The number of non-ortho nitro benzene ring substituents is 1. The Morgan fingerprint density at radius 3 is 2.80 bits per heavy atom. The number of nitrogens with one attached hydrogen (secondary N) is 2. The Hall–Kier alpha value is -3.47. The zero-order chi connectivity index (χ0) is 18.2. The Morgan fingerprint density at radius 2 is 2.16 bits per heavy atom. The number of rotatable bonds is 8. The van der Waals surface area contributed by atoms with E-state index in [1.54, 1.807) is 0 Å². The van der Waals surface area contributed by atoms with Gasteiger partial charge in [0.15, 0.2) is 12.4 Å². The molecule has 0 fully saturated rings. The summed E-state index contributed by atoms with van der Waals surface area (Å²) in [7, 11) is 0. The average Bonchev–Trinajstić information content (AvgIpc) is 3.10. The van der Waals surface area contributed by atoms with Gasteiger partial charge in [-0.05, 0) is 6.07 Å². The number of carbonyl (C=O) groups is 2. The number of benzene rings is 1. The number of aliphatic hydroxyl groups is 1. The number of hydrogen-bond acceptors (Lipinski definition) is 9. The summed E-state index contributed by atoms with van der Waals surface area (Å²) in [6, 6.07) is 4.95. The van der Waals surface area contributed by atoms with Crippen molar-refractivity contribution in [3.05, 3.63) is 46.2 Å². The predicted octanol–water partition coefficient (Wildman–Crippen LogP) is 0.782. The molecule has 1 heterocycles. The van der Waals surface area contributed by atoms with Gasteiger partial charge in [0.05, 0.1) is 17.1 Å². The highest BCUT2D eigenvalue weighted by atomic mass is 16.6. The molecule has 0 spiro atoms. The zero-order valence-electron chi connectivity index (χ0n) is 12.8. The van der Waals surface area contributed by atoms with Crippen LogP contribution >= 0.6 is 0 Å². The number of carbonyl (C=O) groups excluding carboxylic acids is 2. The number of aliphatic hydroxyl groups excluding tert-OH is 1. The Labute approximate surface area is 140 Å². The lowest BCUT2D eigenvalue weighted by molar-refractivity contribution is -0.384. The van der Waals surface area contributed by atoms with Gasteiger partial charge in [0.2, 0.25) is 0 Å². The lowest BCUT2D eigenvalue weighted by atomic mass is 10.1. The molecule has 0 unspecified atom stereocenters. The van der Waals surface area contributed by atoms with Gasteiger partial charge < -0.3 is 25.0 Å². The lowest BCUT2D eigenvalue weighted by Gasteiger charge is -2.11. The molecule has 0 radical (unpaired) electrons. The summed E-state index contributed by atoms with van der Waals surface area (Å²) in [6.45, 7) is -0.690. The van der Waals surface area contributed by atoms with Gasteiger partial charge in [0, 0.05) is 30.4 Å². The molecule has 2 rings (SSSR count). The maximum absolute atomic E-state index is 12.1. The van der Waals surface area contributed by atoms with E-state index in [-0.39, 0.29) is 35.9 Å². The molecule has 0 aliphatic heterocycles. The number of nitrogens with zero attached hydrogens (tertiary/aromatic N) is 2. The molecule has 11 nitrogen and oxygen atoms in total. The maximum atomic E-state index is 12.1. The van der Waals surface area contributed by atoms with Crippen LogP contribution in [0.4, 0.5) is 17.2 Å². The van der Waals surface area contributed by atoms with Crippen LogP contribution in [0.25, 0.3) is 0 Å². The van der Waals surface area contributed by atoms with Gasteiger partial charge in [-0.2, -0.15) is 0 Å². The molecule has 0 bridgehead atoms. The number of esters is 1. The van der Waals surface area contributed by atoms with E-state index in [0.29, 0.717) is 0 Å². The molecule has 1 aromatic carbocycles. The van der Waals surface area contributed by atoms with Crippen molar-refractivity contribution in [2.45, 2.75) is 0 Å². The third-order valence-corrected chi connectivity index (χ3v) is 2.90. The molecule has 0 aliphatic rings. The van der Waals surface area contributed by atoms with Crippen molar-refractivity contribution in [2.24, 2.45) is 0 Å². The van der Waals surface area contributed by atoms with Gasteiger partial charge in [-0.15, -0.1) is 0 Å². The number of anilines is 2. The van der Waals surface area contributed by atoms with Crippen LogP contribution in [0.15, 0.2) is 35.1 Å². The largest absolute Gasteiger partial charge is 0.452 e. The van der Waals surface area contributed by atoms with Crippen molar-refractivity contribution in [3.63, 3.8) is 0 Å². The third-order valence-electron chi connectivity index (χ3n) is 2.90.